The van der Waals surface area contributed by atoms with E-state index in [4.69, 9.17) is 4.42 Å². The lowest BCUT2D eigenvalue weighted by molar-refractivity contribution is -0.120. The Kier molecular flexibility index (Phi) is 4.42. The summed E-state index contributed by atoms with van der Waals surface area (Å²) >= 11 is 0. The van der Waals surface area contributed by atoms with Gasteiger partial charge in [-0.15, -0.1) is 0 Å². The molecule has 0 aliphatic rings. The Labute approximate surface area is 130 Å². The third-order valence-electron chi connectivity index (χ3n) is 3.99. The number of carbonyl (C=O) groups is 1. The molecule has 1 amide bonds. The van der Waals surface area contributed by atoms with Gasteiger partial charge in [-0.2, -0.15) is 0 Å². The fourth-order valence-corrected chi connectivity index (χ4v) is 2.84. The van der Waals surface area contributed by atoms with Crippen LogP contribution in [-0.4, -0.2) is 12.5 Å². The van der Waals surface area contributed by atoms with Crippen LogP contribution in [0.2, 0.25) is 0 Å². The number of benzene rings is 2. The molecule has 114 valence electrons. The second kappa shape index (κ2) is 6.65. The van der Waals surface area contributed by atoms with Gasteiger partial charge >= 0.3 is 0 Å². The zero-order valence-corrected chi connectivity index (χ0v) is 12.9. The van der Waals surface area contributed by atoms with Crippen LogP contribution >= 0.6 is 0 Å². The van der Waals surface area contributed by atoms with Crippen LogP contribution in [0.1, 0.15) is 31.7 Å². The number of hydrogen-bond donors (Lipinski definition) is 1. The van der Waals surface area contributed by atoms with E-state index in [1.54, 1.807) is 6.26 Å². The normalized spacial score (nSPS) is 11.1. The number of unbranched alkanes of at least 4 members (excludes halogenated alkanes) is 2. The molecule has 3 nitrogen and oxygen atoms in total. The van der Waals surface area contributed by atoms with Gasteiger partial charge in [0.05, 0.1) is 12.7 Å². The molecule has 22 heavy (non-hydrogen) atoms. The van der Waals surface area contributed by atoms with E-state index in [0.29, 0.717) is 6.42 Å². The van der Waals surface area contributed by atoms with E-state index in [1.165, 1.54) is 5.39 Å². The predicted molar refractivity (Wildman–Crippen MR) is 90.0 cm³/mol. The number of hydrogen-bond acceptors (Lipinski definition) is 2. The summed E-state index contributed by atoms with van der Waals surface area (Å²) in [7, 11) is 0. The first-order valence-electron chi connectivity index (χ1n) is 7.94. The Morgan fingerprint density at radius 3 is 2.86 bits per heavy atom. The van der Waals surface area contributed by atoms with Gasteiger partial charge in [-0.05, 0) is 23.3 Å². The first kappa shape index (κ1) is 14.6. The van der Waals surface area contributed by atoms with Crippen molar-refractivity contribution in [2.75, 3.05) is 6.54 Å². The monoisotopic (exact) mass is 295 g/mol. The SMILES string of the molecule is CCCCCNC(=O)Cc1coc2ccc3ccccc3c12. The van der Waals surface area contributed by atoms with Crippen LogP contribution in [0.3, 0.4) is 0 Å². The van der Waals surface area contributed by atoms with Crippen molar-refractivity contribution in [1.29, 1.82) is 0 Å². The molecule has 0 unspecified atom stereocenters. The Hall–Kier alpha value is -2.29. The van der Waals surface area contributed by atoms with Crippen molar-refractivity contribution >= 4 is 27.6 Å². The maximum absolute atomic E-state index is 12.1. The van der Waals surface area contributed by atoms with Crippen molar-refractivity contribution in [2.24, 2.45) is 0 Å². The lowest BCUT2D eigenvalue weighted by Gasteiger charge is -2.05. The molecule has 2 aromatic carbocycles. The van der Waals surface area contributed by atoms with Gasteiger partial charge in [-0.25, -0.2) is 0 Å². The van der Waals surface area contributed by atoms with Gasteiger partial charge in [-0.3, -0.25) is 4.79 Å². The summed E-state index contributed by atoms with van der Waals surface area (Å²) in [5.41, 5.74) is 1.80. The van der Waals surface area contributed by atoms with Gasteiger partial charge < -0.3 is 9.73 Å². The highest BCUT2D eigenvalue weighted by molar-refractivity contribution is 6.08. The Morgan fingerprint density at radius 1 is 1.14 bits per heavy atom. The number of rotatable bonds is 6. The van der Waals surface area contributed by atoms with Crippen LogP contribution < -0.4 is 5.32 Å². The van der Waals surface area contributed by atoms with Gasteiger partial charge in [-0.1, -0.05) is 50.1 Å². The molecule has 3 aromatic rings. The lowest BCUT2D eigenvalue weighted by Crippen LogP contribution is -2.25. The molecule has 1 heterocycles. The van der Waals surface area contributed by atoms with Crippen molar-refractivity contribution in [3.8, 4) is 0 Å². The predicted octanol–water partition coefficient (Wildman–Crippen LogP) is 4.43. The molecule has 0 aliphatic carbocycles. The van der Waals surface area contributed by atoms with Crippen LogP contribution in [0.5, 0.6) is 0 Å². The maximum Gasteiger partial charge on any atom is 0.224 e. The highest BCUT2D eigenvalue weighted by atomic mass is 16.3. The van der Waals surface area contributed by atoms with Gasteiger partial charge in [0, 0.05) is 17.5 Å². The second-order valence-corrected chi connectivity index (χ2v) is 5.65. The number of amides is 1. The van der Waals surface area contributed by atoms with E-state index in [-0.39, 0.29) is 5.91 Å². The van der Waals surface area contributed by atoms with Crippen molar-refractivity contribution < 1.29 is 9.21 Å². The first-order chi connectivity index (χ1) is 10.8. The molecular formula is C19H21NO2. The summed E-state index contributed by atoms with van der Waals surface area (Å²) in [6.45, 7) is 2.91. The fraction of sp³-hybridized carbons (Fsp3) is 0.316. The minimum Gasteiger partial charge on any atom is -0.464 e. The maximum atomic E-state index is 12.1. The lowest BCUT2D eigenvalue weighted by atomic mass is 10.0. The summed E-state index contributed by atoms with van der Waals surface area (Å²) < 4.78 is 5.62. The summed E-state index contributed by atoms with van der Waals surface area (Å²) in [6, 6.07) is 12.2. The minimum absolute atomic E-state index is 0.0618. The number of carbonyl (C=O) groups excluding carboxylic acids is 1. The third-order valence-corrected chi connectivity index (χ3v) is 3.99. The molecule has 0 radical (unpaired) electrons. The van der Waals surface area contributed by atoms with E-state index in [2.05, 4.69) is 30.4 Å². The standard InChI is InChI=1S/C19H21NO2/c1-2-3-6-11-20-18(21)12-15-13-22-17-10-9-14-7-4-5-8-16(14)19(15)17/h4-5,7-10,13H,2-3,6,11-12H2,1H3,(H,20,21). The Bertz CT molecular complexity index is 788. The highest BCUT2D eigenvalue weighted by Gasteiger charge is 2.12. The van der Waals surface area contributed by atoms with Crippen LogP contribution in [0.4, 0.5) is 0 Å². The summed E-state index contributed by atoms with van der Waals surface area (Å²) in [5.74, 6) is 0.0618. The molecule has 0 spiro atoms. The van der Waals surface area contributed by atoms with Crippen LogP contribution in [0.15, 0.2) is 47.1 Å². The van der Waals surface area contributed by atoms with Crippen molar-refractivity contribution in [3.05, 3.63) is 48.2 Å². The molecule has 0 aliphatic heterocycles. The van der Waals surface area contributed by atoms with E-state index in [0.717, 1.165) is 47.7 Å². The fourth-order valence-electron chi connectivity index (χ4n) is 2.84. The van der Waals surface area contributed by atoms with Crippen molar-refractivity contribution in [3.63, 3.8) is 0 Å². The third kappa shape index (κ3) is 2.98. The van der Waals surface area contributed by atoms with E-state index >= 15 is 0 Å². The zero-order chi connectivity index (χ0) is 15.4. The van der Waals surface area contributed by atoms with E-state index in [9.17, 15) is 4.79 Å². The zero-order valence-electron chi connectivity index (χ0n) is 12.9. The quantitative estimate of drug-likeness (QED) is 0.683. The molecule has 0 saturated heterocycles. The Morgan fingerprint density at radius 2 is 2.00 bits per heavy atom. The van der Waals surface area contributed by atoms with Crippen LogP contribution in [0, 0.1) is 0 Å². The Balaban J connectivity index is 1.82. The number of nitrogens with one attached hydrogen (secondary N) is 1. The average Bonchev–Trinajstić information content (AvgIpc) is 2.95. The topological polar surface area (TPSA) is 42.2 Å². The van der Waals surface area contributed by atoms with Gasteiger partial charge in [0.15, 0.2) is 0 Å². The highest BCUT2D eigenvalue weighted by Crippen LogP contribution is 2.30. The molecule has 3 heteroatoms. The van der Waals surface area contributed by atoms with Crippen LogP contribution in [0.25, 0.3) is 21.7 Å². The smallest absolute Gasteiger partial charge is 0.224 e. The molecule has 1 aromatic heterocycles. The molecule has 0 saturated carbocycles. The molecule has 3 rings (SSSR count). The largest absolute Gasteiger partial charge is 0.464 e. The molecule has 0 bridgehead atoms. The summed E-state index contributed by atoms with van der Waals surface area (Å²) in [6.07, 6.45) is 5.43. The van der Waals surface area contributed by atoms with Gasteiger partial charge in [0.1, 0.15) is 5.58 Å². The van der Waals surface area contributed by atoms with Crippen LogP contribution in [-0.2, 0) is 11.2 Å². The van der Waals surface area contributed by atoms with E-state index < -0.39 is 0 Å². The van der Waals surface area contributed by atoms with E-state index in [1.807, 2.05) is 18.2 Å². The van der Waals surface area contributed by atoms with Gasteiger partial charge in [0.2, 0.25) is 5.91 Å². The van der Waals surface area contributed by atoms with Crippen molar-refractivity contribution in [1.82, 2.24) is 5.32 Å². The van der Waals surface area contributed by atoms with Crippen molar-refractivity contribution in [2.45, 2.75) is 32.6 Å². The molecule has 1 N–H and O–H groups in total. The number of furan rings is 1. The molecular weight excluding hydrogens is 274 g/mol. The number of fused-ring (bicyclic) bond motifs is 3. The summed E-state index contributed by atoms with van der Waals surface area (Å²) in [5, 5.41) is 6.35. The summed E-state index contributed by atoms with van der Waals surface area (Å²) in [4.78, 5) is 12.1. The van der Waals surface area contributed by atoms with Gasteiger partial charge in [0.25, 0.3) is 0 Å². The minimum atomic E-state index is 0.0618. The first-order valence-corrected chi connectivity index (χ1v) is 7.94. The molecule has 0 fully saturated rings. The average molecular weight is 295 g/mol. The molecule has 0 atom stereocenters. The second-order valence-electron chi connectivity index (χ2n) is 5.65.